The van der Waals surface area contributed by atoms with Gasteiger partial charge < -0.3 is 14.2 Å². The molecule has 0 heterocycles. The van der Waals surface area contributed by atoms with Gasteiger partial charge in [0, 0.05) is 19.3 Å². The van der Waals surface area contributed by atoms with Crippen LogP contribution in [0.15, 0.2) is 36.5 Å². The fourth-order valence-corrected chi connectivity index (χ4v) is 9.99. The molecule has 1 unspecified atom stereocenters. The van der Waals surface area contributed by atoms with Crippen LogP contribution in [0, 0.1) is 0 Å². The van der Waals surface area contributed by atoms with E-state index in [-0.39, 0.29) is 31.1 Å². The highest BCUT2D eigenvalue weighted by Gasteiger charge is 2.19. The molecule has 0 aromatic carbocycles. The van der Waals surface area contributed by atoms with E-state index in [1.54, 1.807) is 0 Å². The second kappa shape index (κ2) is 63.2. The molecule has 0 radical (unpaired) electrons. The number of rotatable bonds is 61. The molecule has 0 bridgehead atoms. The second-order valence-electron chi connectivity index (χ2n) is 22.4. The zero-order chi connectivity index (χ0) is 53.6. The fourth-order valence-electron chi connectivity index (χ4n) is 9.99. The van der Waals surface area contributed by atoms with E-state index in [0.717, 1.165) is 96.3 Å². The summed E-state index contributed by atoms with van der Waals surface area (Å²) in [5.74, 6) is -0.863. The largest absolute Gasteiger partial charge is 0.462 e. The maximum absolute atomic E-state index is 12.9. The van der Waals surface area contributed by atoms with Gasteiger partial charge in [-0.15, -0.1) is 0 Å². The van der Waals surface area contributed by atoms with Gasteiger partial charge in [-0.2, -0.15) is 0 Å². The van der Waals surface area contributed by atoms with Gasteiger partial charge in [0.2, 0.25) is 0 Å². The van der Waals surface area contributed by atoms with Crippen molar-refractivity contribution >= 4 is 17.9 Å². The maximum atomic E-state index is 12.9. The summed E-state index contributed by atoms with van der Waals surface area (Å²) in [7, 11) is 0. The summed E-state index contributed by atoms with van der Waals surface area (Å²) < 4.78 is 16.9. The lowest BCUT2D eigenvalue weighted by molar-refractivity contribution is -0.167. The third-order valence-corrected chi connectivity index (χ3v) is 14.9. The maximum Gasteiger partial charge on any atom is 0.306 e. The van der Waals surface area contributed by atoms with Crippen molar-refractivity contribution in [2.45, 2.75) is 367 Å². The van der Waals surface area contributed by atoms with Crippen LogP contribution >= 0.6 is 0 Å². The van der Waals surface area contributed by atoms with Gasteiger partial charge in [-0.25, -0.2) is 0 Å². The molecule has 0 saturated heterocycles. The predicted octanol–water partition coefficient (Wildman–Crippen LogP) is 22.4. The van der Waals surface area contributed by atoms with Crippen molar-refractivity contribution in [3.8, 4) is 0 Å². The molecule has 0 saturated carbocycles. The first kappa shape index (κ1) is 71.6. The van der Waals surface area contributed by atoms with Gasteiger partial charge in [0.1, 0.15) is 13.2 Å². The Balaban J connectivity index is 4.26. The van der Waals surface area contributed by atoms with Crippen molar-refractivity contribution in [1.82, 2.24) is 0 Å². The SMILES string of the molecule is CC/C=C\C/C=C\C/C=C\CCCCCCCC(=O)OCC(COC(=O)CCCCCCCCCCCCCCCCCCCCCCCCCC)OC(=O)CCCCCCCCCCCCCCCCCCC. The van der Waals surface area contributed by atoms with Gasteiger partial charge in [0.05, 0.1) is 0 Å². The van der Waals surface area contributed by atoms with Crippen LogP contribution in [0.1, 0.15) is 361 Å². The van der Waals surface area contributed by atoms with Crippen molar-refractivity contribution in [2.24, 2.45) is 0 Å². The zero-order valence-electron chi connectivity index (χ0n) is 49.9. The molecule has 434 valence electrons. The first-order valence-electron chi connectivity index (χ1n) is 33.0. The molecular formula is C68H126O6. The van der Waals surface area contributed by atoms with Crippen LogP contribution in [0.3, 0.4) is 0 Å². The Morgan fingerprint density at radius 2 is 0.527 bits per heavy atom. The number of hydrogen-bond acceptors (Lipinski definition) is 6. The lowest BCUT2D eigenvalue weighted by Gasteiger charge is -2.18. The lowest BCUT2D eigenvalue weighted by Crippen LogP contribution is -2.30. The molecule has 0 aromatic heterocycles. The molecule has 6 heteroatoms. The molecule has 0 N–H and O–H groups in total. The molecule has 0 rings (SSSR count). The van der Waals surface area contributed by atoms with Crippen LogP contribution in [0.4, 0.5) is 0 Å². The summed E-state index contributed by atoms with van der Waals surface area (Å²) in [6.07, 6.45) is 77.3. The van der Waals surface area contributed by atoms with Gasteiger partial charge in [-0.05, 0) is 51.4 Å². The quantitative estimate of drug-likeness (QED) is 0.0261. The summed E-state index contributed by atoms with van der Waals surface area (Å²) in [6.45, 7) is 6.59. The third-order valence-electron chi connectivity index (χ3n) is 14.9. The van der Waals surface area contributed by atoms with E-state index in [9.17, 15) is 14.4 Å². The first-order valence-corrected chi connectivity index (χ1v) is 33.0. The van der Waals surface area contributed by atoms with Gasteiger partial charge in [0.25, 0.3) is 0 Å². The van der Waals surface area contributed by atoms with Crippen molar-refractivity contribution in [3.63, 3.8) is 0 Å². The van der Waals surface area contributed by atoms with Crippen LogP contribution < -0.4 is 0 Å². The highest BCUT2D eigenvalue weighted by molar-refractivity contribution is 5.71. The van der Waals surface area contributed by atoms with E-state index < -0.39 is 6.10 Å². The zero-order valence-corrected chi connectivity index (χ0v) is 49.9. The Kier molecular flexibility index (Phi) is 61.1. The Hall–Kier alpha value is -2.37. The lowest BCUT2D eigenvalue weighted by atomic mass is 10.0. The van der Waals surface area contributed by atoms with Crippen molar-refractivity contribution in [2.75, 3.05) is 13.2 Å². The topological polar surface area (TPSA) is 78.9 Å². The van der Waals surface area contributed by atoms with Crippen molar-refractivity contribution in [1.29, 1.82) is 0 Å². The monoisotopic (exact) mass is 1040 g/mol. The molecule has 0 aliphatic carbocycles. The molecule has 0 amide bonds. The number of carbonyl (C=O) groups excluding carboxylic acids is 3. The van der Waals surface area contributed by atoms with Gasteiger partial charge in [0.15, 0.2) is 6.10 Å². The molecule has 0 aliphatic heterocycles. The normalized spacial score (nSPS) is 12.2. The van der Waals surface area contributed by atoms with E-state index in [0.29, 0.717) is 19.3 Å². The minimum Gasteiger partial charge on any atom is -0.462 e. The Bertz CT molecular complexity index is 1240. The summed E-state index contributed by atoms with van der Waals surface area (Å²) >= 11 is 0. The molecule has 74 heavy (non-hydrogen) atoms. The number of ether oxygens (including phenoxy) is 3. The van der Waals surface area contributed by atoms with E-state index >= 15 is 0 Å². The number of allylic oxidation sites excluding steroid dienone is 6. The van der Waals surface area contributed by atoms with E-state index in [4.69, 9.17) is 14.2 Å². The predicted molar refractivity (Wildman–Crippen MR) is 321 cm³/mol. The van der Waals surface area contributed by atoms with Crippen LogP contribution in [0.2, 0.25) is 0 Å². The van der Waals surface area contributed by atoms with E-state index in [2.05, 4.69) is 57.2 Å². The summed E-state index contributed by atoms with van der Waals surface area (Å²) in [5, 5.41) is 0. The molecule has 6 nitrogen and oxygen atoms in total. The average Bonchev–Trinajstić information content (AvgIpc) is 3.40. The van der Waals surface area contributed by atoms with Crippen LogP contribution in [0.5, 0.6) is 0 Å². The van der Waals surface area contributed by atoms with Gasteiger partial charge in [-0.1, -0.05) is 327 Å². The fraction of sp³-hybridized carbons (Fsp3) is 0.868. The molecule has 1 atom stereocenters. The van der Waals surface area contributed by atoms with Crippen molar-refractivity contribution in [3.05, 3.63) is 36.5 Å². The third kappa shape index (κ3) is 60.5. The Morgan fingerprint density at radius 3 is 0.824 bits per heavy atom. The van der Waals surface area contributed by atoms with E-state index in [1.807, 2.05) is 0 Å². The molecule has 0 spiro atoms. The number of esters is 3. The minimum absolute atomic E-state index is 0.0721. The number of unbranched alkanes of at least 4 members (excludes halogenated alkanes) is 44. The highest BCUT2D eigenvalue weighted by atomic mass is 16.6. The van der Waals surface area contributed by atoms with E-state index in [1.165, 1.54) is 225 Å². The molecule has 0 aliphatic rings. The molecule has 0 aromatic rings. The molecular weight excluding hydrogens is 913 g/mol. The summed E-state index contributed by atoms with van der Waals surface area (Å²) in [6, 6.07) is 0. The van der Waals surface area contributed by atoms with Crippen LogP contribution in [-0.2, 0) is 28.6 Å². The van der Waals surface area contributed by atoms with Gasteiger partial charge >= 0.3 is 17.9 Å². The summed E-state index contributed by atoms with van der Waals surface area (Å²) in [4.78, 5) is 38.3. The van der Waals surface area contributed by atoms with Crippen molar-refractivity contribution < 1.29 is 28.6 Å². The Morgan fingerprint density at radius 1 is 0.284 bits per heavy atom. The Labute approximate surface area is 461 Å². The second-order valence-corrected chi connectivity index (χ2v) is 22.4. The number of carbonyl (C=O) groups is 3. The smallest absolute Gasteiger partial charge is 0.306 e. The van der Waals surface area contributed by atoms with Crippen LogP contribution in [-0.4, -0.2) is 37.2 Å². The average molecular weight is 1040 g/mol. The molecule has 0 fully saturated rings. The first-order chi connectivity index (χ1) is 36.5. The highest BCUT2D eigenvalue weighted by Crippen LogP contribution is 2.18. The standard InChI is InChI=1S/C68H126O6/c1-4-7-10-13-16-19-22-25-28-30-31-32-33-34-35-36-38-40-43-46-49-52-55-58-61-67(70)73-64-65(63-72-66(69)60-57-54-51-48-45-42-39-27-24-21-18-15-12-9-6-3)74-68(71)62-59-56-53-50-47-44-41-37-29-26-23-20-17-14-11-8-5-2/h9,12,18,21,27,39,65H,4-8,10-11,13-17,19-20,22-26,28-38,40-64H2,1-3H3/b12-9-,21-18-,39-27-. The summed E-state index contributed by atoms with van der Waals surface area (Å²) in [5.41, 5.74) is 0. The van der Waals surface area contributed by atoms with Gasteiger partial charge in [-0.3, -0.25) is 14.4 Å². The van der Waals surface area contributed by atoms with Crippen LogP contribution in [0.25, 0.3) is 0 Å². The minimum atomic E-state index is -0.776. The number of hydrogen-bond donors (Lipinski definition) is 0.